The second kappa shape index (κ2) is 7.07. The number of piperidine rings is 1. The molecule has 0 radical (unpaired) electrons. The van der Waals surface area contributed by atoms with E-state index < -0.39 is 34.0 Å². The average Bonchev–Trinajstić information content (AvgIpc) is 2.52. The molecule has 1 aromatic carbocycles. The number of aliphatic carboxylic acids is 1. The van der Waals surface area contributed by atoms with Crippen molar-refractivity contribution in [2.75, 3.05) is 13.1 Å². The third-order valence-corrected chi connectivity index (χ3v) is 4.94. The van der Waals surface area contributed by atoms with Crippen molar-refractivity contribution in [2.24, 2.45) is 11.1 Å². The first kappa shape index (κ1) is 17.4. The Morgan fingerprint density at radius 2 is 1.78 bits per heavy atom. The van der Waals surface area contributed by atoms with Gasteiger partial charge in [-0.1, -0.05) is 30.3 Å². The van der Waals surface area contributed by atoms with Crippen molar-refractivity contribution in [3.05, 3.63) is 35.9 Å². The first-order chi connectivity index (χ1) is 10.8. The molecule has 1 aliphatic heterocycles. The Balaban J connectivity index is 2.00. The topological polar surface area (TPSA) is 130 Å². The molecule has 1 saturated heterocycles. The van der Waals surface area contributed by atoms with Gasteiger partial charge in [0.2, 0.25) is 5.91 Å². The summed E-state index contributed by atoms with van der Waals surface area (Å²) in [4.78, 5) is 23.7. The van der Waals surface area contributed by atoms with Crippen LogP contribution in [0.15, 0.2) is 30.3 Å². The maximum absolute atomic E-state index is 12.3. The molecule has 2 rings (SSSR count). The predicted molar refractivity (Wildman–Crippen MR) is 82.4 cm³/mol. The van der Waals surface area contributed by atoms with Crippen LogP contribution in [0.5, 0.6) is 0 Å². The van der Waals surface area contributed by atoms with Crippen LogP contribution in [-0.2, 0) is 19.8 Å². The van der Waals surface area contributed by atoms with Gasteiger partial charge in [-0.3, -0.25) is 4.79 Å². The molecule has 1 aliphatic rings. The lowest BCUT2D eigenvalue weighted by molar-refractivity contribution is -0.142. The molecule has 4 N–H and O–H groups in total. The smallest absolute Gasteiger partial charge is 0.330 e. The largest absolute Gasteiger partial charge is 0.479 e. The highest BCUT2D eigenvalue weighted by molar-refractivity contribution is 7.86. The van der Waals surface area contributed by atoms with Crippen LogP contribution in [-0.4, -0.2) is 42.8 Å². The van der Waals surface area contributed by atoms with Gasteiger partial charge in [0.1, 0.15) is 0 Å². The summed E-state index contributed by atoms with van der Waals surface area (Å²) in [6.45, 7) is 0.306. The fraction of sp³-hybridized carbons (Fsp3) is 0.429. The Morgan fingerprint density at radius 1 is 1.22 bits per heavy atom. The molecule has 1 atom stereocenters. The molecule has 0 aliphatic carbocycles. The van der Waals surface area contributed by atoms with E-state index in [0.29, 0.717) is 18.4 Å². The van der Waals surface area contributed by atoms with Crippen molar-refractivity contribution in [1.29, 1.82) is 0 Å². The number of nitrogens with two attached hydrogens (primary N) is 1. The molecule has 0 unspecified atom stereocenters. The minimum atomic E-state index is -3.75. The molecule has 8 nitrogen and oxygen atoms in total. The Labute approximate surface area is 134 Å². The van der Waals surface area contributed by atoms with Crippen molar-refractivity contribution in [3.8, 4) is 0 Å². The van der Waals surface area contributed by atoms with Crippen molar-refractivity contribution in [3.63, 3.8) is 0 Å². The minimum absolute atomic E-state index is 0.153. The Hall–Kier alpha value is -1.97. The number of amides is 1. The lowest BCUT2D eigenvalue weighted by Crippen LogP contribution is -2.46. The molecule has 0 aromatic heterocycles. The number of rotatable bonds is 5. The minimum Gasteiger partial charge on any atom is -0.479 e. The molecule has 9 heteroatoms. The highest BCUT2D eigenvalue weighted by Crippen LogP contribution is 2.21. The van der Waals surface area contributed by atoms with Crippen molar-refractivity contribution in [1.82, 2.24) is 9.62 Å². The van der Waals surface area contributed by atoms with E-state index in [4.69, 9.17) is 5.14 Å². The maximum Gasteiger partial charge on any atom is 0.330 e. The number of carbonyl (C=O) groups excluding carboxylic acids is 1. The van der Waals surface area contributed by atoms with Gasteiger partial charge in [0.25, 0.3) is 10.2 Å². The number of carboxylic acids is 1. The number of nitrogens with one attached hydrogen (secondary N) is 1. The van der Waals surface area contributed by atoms with Crippen molar-refractivity contribution in [2.45, 2.75) is 18.9 Å². The number of hydrogen-bond donors (Lipinski definition) is 3. The van der Waals surface area contributed by atoms with Gasteiger partial charge in [-0.25, -0.2) is 9.93 Å². The summed E-state index contributed by atoms with van der Waals surface area (Å²) in [5.74, 6) is -1.97. The van der Waals surface area contributed by atoms with Crippen LogP contribution in [0.3, 0.4) is 0 Å². The second-order valence-corrected chi connectivity index (χ2v) is 6.96. The third-order valence-electron chi connectivity index (χ3n) is 3.85. The summed E-state index contributed by atoms with van der Waals surface area (Å²) in [7, 11) is -3.75. The van der Waals surface area contributed by atoms with E-state index >= 15 is 0 Å². The molecule has 23 heavy (non-hydrogen) atoms. The summed E-state index contributed by atoms with van der Waals surface area (Å²) in [6.07, 6.45) is 0.618. The van der Waals surface area contributed by atoms with Gasteiger partial charge in [0.05, 0.1) is 0 Å². The van der Waals surface area contributed by atoms with E-state index in [1.165, 1.54) is 0 Å². The number of carbonyl (C=O) groups is 2. The monoisotopic (exact) mass is 341 g/mol. The van der Waals surface area contributed by atoms with Crippen LogP contribution in [0.4, 0.5) is 0 Å². The number of carboxylic acid groups (broad SMARTS) is 1. The Bertz CT molecular complexity index is 669. The third kappa shape index (κ3) is 4.50. The summed E-state index contributed by atoms with van der Waals surface area (Å²) in [6, 6.07) is 7.28. The highest BCUT2D eigenvalue weighted by Gasteiger charge is 2.31. The standard InChI is InChI=1S/C14H19N3O5S/c15-23(21,22)17-8-6-11(7-9-17)13(18)16-12(14(19)20)10-4-2-1-3-5-10/h1-5,11-12H,6-9H2,(H,16,18)(H,19,20)(H2,15,21,22)/t12-/m1/s1. The summed E-state index contributed by atoms with van der Waals surface area (Å²) in [5, 5.41) is 16.9. The first-order valence-corrected chi connectivity index (χ1v) is 8.65. The highest BCUT2D eigenvalue weighted by atomic mass is 32.2. The molecule has 0 saturated carbocycles. The van der Waals surface area contributed by atoms with Crippen molar-refractivity contribution >= 4 is 22.1 Å². The zero-order chi connectivity index (χ0) is 17.0. The molecule has 1 amide bonds. The molecule has 1 aromatic rings. The fourth-order valence-corrected chi connectivity index (χ4v) is 3.29. The van der Waals surface area contributed by atoms with Crippen LogP contribution in [0.1, 0.15) is 24.4 Å². The SMILES string of the molecule is NS(=O)(=O)N1CCC(C(=O)N[C@@H](C(=O)O)c2ccccc2)CC1. The quantitative estimate of drug-likeness (QED) is 0.685. The zero-order valence-electron chi connectivity index (χ0n) is 12.4. The summed E-state index contributed by atoms with van der Waals surface area (Å²) >= 11 is 0. The van der Waals surface area contributed by atoms with Gasteiger partial charge >= 0.3 is 5.97 Å². The predicted octanol–water partition coefficient (Wildman–Crippen LogP) is -0.156. The van der Waals surface area contributed by atoms with Gasteiger partial charge < -0.3 is 10.4 Å². The lowest BCUT2D eigenvalue weighted by atomic mass is 9.96. The average molecular weight is 341 g/mol. The normalized spacial score (nSPS) is 18.3. The number of hydrogen-bond acceptors (Lipinski definition) is 4. The van der Waals surface area contributed by atoms with Crippen LogP contribution >= 0.6 is 0 Å². The Kier molecular flexibility index (Phi) is 5.34. The summed E-state index contributed by atoms with van der Waals surface area (Å²) < 4.78 is 23.6. The van der Waals surface area contributed by atoms with Gasteiger partial charge in [-0.05, 0) is 18.4 Å². The lowest BCUT2D eigenvalue weighted by Gasteiger charge is -2.29. The molecular weight excluding hydrogens is 322 g/mol. The van der Waals surface area contributed by atoms with E-state index in [1.807, 2.05) is 0 Å². The van der Waals surface area contributed by atoms with Crippen LogP contribution in [0.2, 0.25) is 0 Å². The van der Waals surface area contributed by atoms with Crippen LogP contribution in [0, 0.1) is 5.92 Å². The molecule has 1 fully saturated rings. The van der Waals surface area contributed by atoms with Crippen LogP contribution in [0.25, 0.3) is 0 Å². The van der Waals surface area contributed by atoms with Crippen LogP contribution < -0.4 is 10.5 Å². The van der Waals surface area contributed by atoms with Gasteiger partial charge in [0, 0.05) is 19.0 Å². The molecule has 0 spiro atoms. The van der Waals surface area contributed by atoms with Gasteiger partial charge in [-0.2, -0.15) is 12.7 Å². The van der Waals surface area contributed by atoms with Crippen molar-refractivity contribution < 1.29 is 23.1 Å². The fourth-order valence-electron chi connectivity index (χ4n) is 2.57. The number of nitrogens with zero attached hydrogens (tertiary/aromatic N) is 1. The van der Waals surface area contributed by atoms with E-state index in [-0.39, 0.29) is 13.1 Å². The number of benzene rings is 1. The molecular formula is C14H19N3O5S. The van der Waals surface area contributed by atoms with Gasteiger partial charge in [0.15, 0.2) is 6.04 Å². The molecule has 0 bridgehead atoms. The first-order valence-electron chi connectivity index (χ1n) is 7.15. The van der Waals surface area contributed by atoms with Gasteiger partial charge in [-0.15, -0.1) is 0 Å². The Morgan fingerprint density at radius 3 is 2.26 bits per heavy atom. The van der Waals surface area contributed by atoms with E-state index in [0.717, 1.165) is 4.31 Å². The van der Waals surface area contributed by atoms with E-state index in [1.54, 1.807) is 30.3 Å². The maximum atomic E-state index is 12.3. The van der Waals surface area contributed by atoms with E-state index in [2.05, 4.69) is 5.32 Å². The molecule has 1 heterocycles. The van der Waals surface area contributed by atoms with E-state index in [9.17, 15) is 23.1 Å². The second-order valence-electron chi connectivity index (χ2n) is 5.41. The zero-order valence-corrected chi connectivity index (χ0v) is 13.2. The molecule has 126 valence electrons. The summed E-state index contributed by atoms with van der Waals surface area (Å²) in [5.41, 5.74) is 0.482.